The minimum absolute atomic E-state index is 0.133. The molecule has 1 fully saturated rings. The number of hydrogen-bond donors (Lipinski definition) is 1. The third kappa shape index (κ3) is 5.18. The van der Waals surface area contributed by atoms with Gasteiger partial charge in [0.1, 0.15) is 18.1 Å². The molecule has 1 saturated heterocycles. The molecule has 1 N–H and O–H groups in total. The third-order valence-corrected chi connectivity index (χ3v) is 7.75. The molecule has 4 nitrogen and oxygen atoms in total. The summed E-state index contributed by atoms with van der Waals surface area (Å²) in [6.45, 7) is 9.52. The fourth-order valence-electron chi connectivity index (χ4n) is 5.92. The number of benzene rings is 3. The maximum absolute atomic E-state index is 10.2. The van der Waals surface area contributed by atoms with Gasteiger partial charge in [-0.3, -0.25) is 4.90 Å². The molecule has 35 heavy (non-hydrogen) atoms. The summed E-state index contributed by atoms with van der Waals surface area (Å²) in [4.78, 5) is 5.02. The number of fused-ring (bicyclic) bond motifs is 1. The Kier molecular flexibility index (Phi) is 7.01. The van der Waals surface area contributed by atoms with Gasteiger partial charge in [0.05, 0.1) is 6.04 Å². The summed E-state index contributed by atoms with van der Waals surface area (Å²) in [5.74, 6) is 1.27. The van der Waals surface area contributed by atoms with Gasteiger partial charge in [-0.25, -0.2) is 0 Å². The van der Waals surface area contributed by atoms with Crippen molar-refractivity contribution >= 4 is 5.69 Å². The Balaban J connectivity index is 1.30. The number of phenols is 1. The van der Waals surface area contributed by atoms with Crippen molar-refractivity contribution in [1.29, 1.82) is 0 Å². The second-order valence-corrected chi connectivity index (χ2v) is 10.6. The second kappa shape index (κ2) is 10.3. The first kappa shape index (κ1) is 23.7. The lowest BCUT2D eigenvalue weighted by Gasteiger charge is -2.35. The van der Waals surface area contributed by atoms with Crippen LogP contribution in [0.5, 0.6) is 11.5 Å². The zero-order valence-electron chi connectivity index (χ0n) is 21.1. The quantitative estimate of drug-likeness (QED) is 0.417. The third-order valence-electron chi connectivity index (χ3n) is 7.75. The zero-order chi connectivity index (χ0) is 24.3. The molecule has 1 atom stereocenters. The highest BCUT2D eigenvalue weighted by Crippen LogP contribution is 2.54. The van der Waals surface area contributed by atoms with E-state index in [0.717, 1.165) is 25.4 Å². The average Bonchev–Trinajstić information content (AvgIpc) is 3.02. The molecule has 0 bridgehead atoms. The van der Waals surface area contributed by atoms with Crippen molar-refractivity contribution < 1.29 is 9.84 Å². The molecule has 0 aliphatic carbocycles. The molecule has 0 spiro atoms. The van der Waals surface area contributed by atoms with Gasteiger partial charge in [-0.05, 0) is 73.0 Å². The molecule has 2 heterocycles. The molecule has 1 unspecified atom stereocenters. The first-order valence-electron chi connectivity index (χ1n) is 13.1. The Labute approximate surface area is 210 Å². The molecule has 184 valence electrons. The Morgan fingerprint density at radius 1 is 0.886 bits per heavy atom. The van der Waals surface area contributed by atoms with Crippen LogP contribution in [0.3, 0.4) is 0 Å². The number of nitrogens with zero attached hydrogens (tertiary/aromatic N) is 2. The molecule has 2 aliphatic rings. The van der Waals surface area contributed by atoms with Crippen LogP contribution in [0.4, 0.5) is 5.69 Å². The van der Waals surface area contributed by atoms with Gasteiger partial charge in [0, 0.05) is 24.2 Å². The monoisotopic (exact) mass is 470 g/mol. The summed E-state index contributed by atoms with van der Waals surface area (Å²) in [6.07, 6.45) is 5.36. The predicted molar refractivity (Wildman–Crippen MR) is 143 cm³/mol. The number of likely N-dealkylation sites (tertiary alicyclic amines) is 1. The van der Waals surface area contributed by atoms with Crippen LogP contribution in [0.2, 0.25) is 0 Å². The molecule has 0 saturated carbocycles. The van der Waals surface area contributed by atoms with E-state index in [1.807, 2.05) is 6.07 Å². The van der Waals surface area contributed by atoms with E-state index >= 15 is 0 Å². The summed E-state index contributed by atoms with van der Waals surface area (Å²) >= 11 is 0. The topological polar surface area (TPSA) is 35.9 Å². The first-order chi connectivity index (χ1) is 17.0. The van der Waals surface area contributed by atoms with Crippen LogP contribution < -0.4 is 9.64 Å². The fourth-order valence-corrected chi connectivity index (χ4v) is 5.92. The normalized spacial score (nSPS) is 19.8. The van der Waals surface area contributed by atoms with E-state index in [-0.39, 0.29) is 11.5 Å². The van der Waals surface area contributed by atoms with Crippen molar-refractivity contribution in [1.82, 2.24) is 4.90 Å². The maximum Gasteiger partial charge on any atom is 0.119 e. The fraction of sp³-hybridized carbons (Fsp3) is 0.419. The molecule has 0 aromatic heterocycles. The molecule has 0 amide bonds. The number of anilines is 1. The lowest BCUT2D eigenvalue weighted by molar-refractivity contribution is 0.214. The van der Waals surface area contributed by atoms with Crippen LogP contribution in [-0.4, -0.2) is 36.2 Å². The van der Waals surface area contributed by atoms with E-state index in [0.29, 0.717) is 5.75 Å². The highest BCUT2D eigenvalue weighted by atomic mass is 16.5. The molecule has 0 radical (unpaired) electrons. The standard InChI is InChI=1S/C31H38N2O2/c1-31(2)28-22-26(34)14-17-29(28)33(30(31)25-10-6-5-7-11-25)23-24-12-15-27(16-13-24)35-21-20-32-18-8-3-4-9-19-32/h5-7,10-17,22,30,34H,3-4,8-9,18-21,23H2,1-2H3. The average molecular weight is 471 g/mol. The number of aromatic hydroxyl groups is 1. The molecule has 3 aromatic rings. The summed E-state index contributed by atoms with van der Waals surface area (Å²) in [7, 11) is 0. The van der Waals surface area contributed by atoms with Gasteiger partial charge in [-0.15, -0.1) is 0 Å². The van der Waals surface area contributed by atoms with E-state index < -0.39 is 0 Å². The second-order valence-electron chi connectivity index (χ2n) is 10.6. The van der Waals surface area contributed by atoms with Gasteiger partial charge in [0.2, 0.25) is 0 Å². The van der Waals surface area contributed by atoms with Crippen molar-refractivity contribution in [3.63, 3.8) is 0 Å². The summed E-state index contributed by atoms with van der Waals surface area (Å²) in [5, 5.41) is 10.2. The lowest BCUT2D eigenvalue weighted by Crippen LogP contribution is -2.33. The number of ether oxygens (including phenoxy) is 1. The van der Waals surface area contributed by atoms with E-state index in [2.05, 4.69) is 84.3 Å². The summed E-state index contributed by atoms with van der Waals surface area (Å²) < 4.78 is 6.08. The van der Waals surface area contributed by atoms with Crippen molar-refractivity contribution in [3.8, 4) is 11.5 Å². The maximum atomic E-state index is 10.2. The van der Waals surface area contributed by atoms with Gasteiger partial charge < -0.3 is 14.7 Å². The van der Waals surface area contributed by atoms with Crippen LogP contribution in [0.15, 0.2) is 72.8 Å². The van der Waals surface area contributed by atoms with Crippen molar-refractivity contribution in [2.45, 2.75) is 57.5 Å². The van der Waals surface area contributed by atoms with Crippen LogP contribution in [-0.2, 0) is 12.0 Å². The van der Waals surface area contributed by atoms with Gasteiger partial charge in [0.25, 0.3) is 0 Å². The van der Waals surface area contributed by atoms with Gasteiger partial charge >= 0.3 is 0 Å². The minimum Gasteiger partial charge on any atom is -0.508 e. The SMILES string of the molecule is CC1(C)c2cc(O)ccc2N(Cc2ccc(OCCN3CCCCCC3)cc2)C1c1ccccc1. The van der Waals surface area contributed by atoms with Crippen molar-refractivity contribution in [2.75, 3.05) is 31.1 Å². The Hall–Kier alpha value is -2.98. The smallest absolute Gasteiger partial charge is 0.119 e. The van der Waals surface area contributed by atoms with Crippen LogP contribution in [0.25, 0.3) is 0 Å². The molecule has 3 aromatic carbocycles. The lowest BCUT2D eigenvalue weighted by atomic mass is 9.77. The minimum atomic E-state index is -0.133. The number of phenolic OH excluding ortho intramolecular Hbond substituents is 1. The largest absolute Gasteiger partial charge is 0.508 e. The Morgan fingerprint density at radius 2 is 1.60 bits per heavy atom. The molecule has 2 aliphatic heterocycles. The van der Waals surface area contributed by atoms with E-state index in [4.69, 9.17) is 4.74 Å². The summed E-state index contributed by atoms with van der Waals surface area (Å²) in [5.41, 5.74) is 4.80. The molecular formula is C31H38N2O2. The van der Waals surface area contributed by atoms with Crippen molar-refractivity contribution in [2.24, 2.45) is 0 Å². The van der Waals surface area contributed by atoms with E-state index in [1.165, 1.54) is 61.2 Å². The molecule has 5 rings (SSSR count). The van der Waals surface area contributed by atoms with E-state index in [9.17, 15) is 5.11 Å². The van der Waals surface area contributed by atoms with Gasteiger partial charge in [-0.2, -0.15) is 0 Å². The van der Waals surface area contributed by atoms with Crippen LogP contribution >= 0.6 is 0 Å². The highest BCUT2D eigenvalue weighted by molar-refractivity contribution is 5.67. The number of rotatable bonds is 7. The first-order valence-corrected chi connectivity index (χ1v) is 13.1. The van der Waals surface area contributed by atoms with Gasteiger partial charge in [0.15, 0.2) is 0 Å². The van der Waals surface area contributed by atoms with Crippen LogP contribution in [0.1, 0.15) is 62.3 Å². The zero-order valence-corrected chi connectivity index (χ0v) is 21.1. The van der Waals surface area contributed by atoms with Crippen LogP contribution in [0, 0.1) is 0 Å². The Morgan fingerprint density at radius 3 is 2.31 bits per heavy atom. The Bertz CT molecular complexity index is 1100. The van der Waals surface area contributed by atoms with E-state index in [1.54, 1.807) is 6.07 Å². The number of hydrogen-bond acceptors (Lipinski definition) is 4. The van der Waals surface area contributed by atoms with Crippen molar-refractivity contribution in [3.05, 3.63) is 89.5 Å². The molecule has 4 heteroatoms. The predicted octanol–water partition coefficient (Wildman–Crippen LogP) is 6.69. The molecular weight excluding hydrogens is 432 g/mol. The summed E-state index contributed by atoms with van der Waals surface area (Å²) in [6, 6.07) is 25.3. The highest BCUT2D eigenvalue weighted by Gasteiger charge is 2.45. The van der Waals surface area contributed by atoms with Gasteiger partial charge in [-0.1, -0.05) is 69.2 Å².